The van der Waals surface area contributed by atoms with Crippen LogP contribution >= 0.6 is 12.2 Å². The summed E-state index contributed by atoms with van der Waals surface area (Å²) in [7, 11) is 0. The van der Waals surface area contributed by atoms with E-state index in [-0.39, 0.29) is 5.54 Å². The molecule has 0 fully saturated rings. The molecule has 11 heteroatoms. The van der Waals surface area contributed by atoms with Crippen LogP contribution in [-0.4, -0.2) is 50.6 Å². The van der Waals surface area contributed by atoms with E-state index in [2.05, 4.69) is 47.4 Å². The first kappa shape index (κ1) is 28.0. The molecule has 2 rings (SSSR count). The van der Waals surface area contributed by atoms with Crippen LogP contribution in [-0.2, 0) is 0 Å². The Labute approximate surface area is 211 Å². The number of rotatable bonds is 7. The van der Waals surface area contributed by atoms with E-state index in [0.29, 0.717) is 22.6 Å². The summed E-state index contributed by atoms with van der Waals surface area (Å²) in [5, 5.41) is 21.7. The van der Waals surface area contributed by atoms with Gasteiger partial charge in [0.15, 0.2) is 0 Å². The van der Waals surface area contributed by atoms with Gasteiger partial charge in [-0.25, -0.2) is 0 Å². The third kappa shape index (κ3) is 7.92. The zero-order valence-electron chi connectivity index (χ0n) is 19.4. The monoisotopic (exact) mass is 618 g/mol. The Morgan fingerprint density at radius 1 is 0.818 bits per heavy atom. The Morgan fingerprint density at radius 2 is 1.21 bits per heavy atom. The van der Waals surface area contributed by atoms with Gasteiger partial charge >= 0.3 is 212 Å². The second kappa shape index (κ2) is 10.6. The van der Waals surface area contributed by atoms with Crippen molar-refractivity contribution in [2.45, 2.75) is 52.6 Å². The van der Waals surface area contributed by atoms with Gasteiger partial charge in [-0.1, -0.05) is 0 Å². The summed E-state index contributed by atoms with van der Waals surface area (Å²) in [6.45, 7) is 11.9. The molecule has 7 nitrogen and oxygen atoms in total. The van der Waals surface area contributed by atoms with Gasteiger partial charge in [-0.3, -0.25) is 0 Å². The van der Waals surface area contributed by atoms with Crippen molar-refractivity contribution >= 4 is 42.3 Å². The van der Waals surface area contributed by atoms with Crippen LogP contribution in [0.15, 0.2) is 48.5 Å². The SMILES string of the molecule is CC(C)(C)NP(=[Se])(Oc1ccc(C#N)cc1)N(C(C)(C)C)P(O)(=[Se])Oc1ccc(C#N)cc1. The average Bonchev–Trinajstić information content (AvgIpc) is 2.65. The Kier molecular flexibility index (Phi) is 9.00. The standard InChI is InChI=1S/C22H28N4O3P2Se2/c1-21(2,3)25-30(32,28-19-11-7-17(15-23)8-12-19)26(22(4,5)6)31(27,33)29-20-13-9-18(16-24)10-14-20/h7-14H,1-6H3,(H,25,32)(H,27,33). The number of hydrogen-bond acceptors (Lipinski definition) is 7. The third-order valence-electron chi connectivity index (χ3n) is 3.99. The first-order chi connectivity index (χ1) is 15.1. The first-order valence-corrected chi connectivity index (χ1v) is 17.7. The molecule has 33 heavy (non-hydrogen) atoms. The molecule has 0 spiro atoms. The van der Waals surface area contributed by atoms with Gasteiger partial charge in [-0.15, -0.1) is 0 Å². The second-order valence-electron chi connectivity index (χ2n) is 9.29. The van der Waals surface area contributed by atoms with Crippen LogP contribution in [0.3, 0.4) is 0 Å². The molecule has 2 N–H and O–H groups in total. The fourth-order valence-electron chi connectivity index (χ4n) is 2.96. The molecule has 2 unspecified atom stereocenters. The minimum absolute atomic E-state index is 0.371. The van der Waals surface area contributed by atoms with Gasteiger partial charge in [0.2, 0.25) is 0 Å². The number of nitrogens with zero attached hydrogens (tertiary/aromatic N) is 3. The summed E-state index contributed by atoms with van der Waals surface area (Å²) in [6.07, 6.45) is -3.38. The fraction of sp³-hybridized carbons (Fsp3) is 0.364. The quantitative estimate of drug-likeness (QED) is 0.332. The van der Waals surface area contributed by atoms with Crippen LogP contribution in [0.2, 0.25) is 0 Å². The van der Waals surface area contributed by atoms with Gasteiger partial charge in [0.05, 0.1) is 0 Å². The molecule has 0 aromatic heterocycles. The van der Waals surface area contributed by atoms with E-state index in [4.69, 9.17) is 19.6 Å². The predicted molar refractivity (Wildman–Crippen MR) is 136 cm³/mol. The molecule has 0 saturated carbocycles. The fourth-order valence-corrected chi connectivity index (χ4v) is 19.8. The number of nitrogens with one attached hydrogen (secondary N) is 1. The van der Waals surface area contributed by atoms with E-state index in [1.165, 1.54) is 0 Å². The molecule has 0 aliphatic heterocycles. The van der Waals surface area contributed by atoms with Crippen LogP contribution in [0.4, 0.5) is 0 Å². The van der Waals surface area contributed by atoms with Crippen molar-refractivity contribution in [1.82, 2.24) is 9.53 Å². The second-order valence-corrected chi connectivity index (χ2v) is 19.1. The van der Waals surface area contributed by atoms with Gasteiger partial charge in [-0.05, 0) is 0 Å². The van der Waals surface area contributed by atoms with E-state index in [1.54, 1.807) is 48.5 Å². The maximum absolute atomic E-state index is 11.7. The minimum atomic E-state index is -3.38. The Hall–Kier alpha value is -1.20. The molecule has 0 amide bonds. The van der Waals surface area contributed by atoms with Crippen LogP contribution in [0.25, 0.3) is 0 Å². The molecule has 0 saturated heterocycles. The predicted octanol–water partition coefficient (Wildman–Crippen LogP) is 5.06. The van der Waals surface area contributed by atoms with E-state index >= 15 is 0 Å². The summed E-state index contributed by atoms with van der Waals surface area (Å²) < 4.78 is 14.4. The van der Waals surface area contributed by atoms with Crippen molar-refractivity contribution in [3.05, 3.63) is 59.7 Å². The summed E-state index contributed by atoms with van der Waals surface area (Å²) in [6, 6.07) is 14.7. The van der Waals surface area contributed by atoms with Crippen LogP contribution in [0, 0.1) is 22.7 Å². The van der Waals surface area contributed by atoms with Crippen LogP contribution in [0.5, 0.6) is 11.5 Å². The van der Waals surface area contributed by atoms with Crippen molar-refractivity contribution in [3.8, 4) is 23.6 Å². The first-order valence-electron chi connectivity index (χ1n) is 10.0. The molecular weight excluding hydrogens is 588 g/mol. The van der Waals surface area contributed by atoms with Gasteiger partial charge in [0.25, 0.3) is 0 Å². The van der Waals surface area contributed by atoms with Crippen molar-refractivity contribution < 1.29 is 13.9 Å². The zero-order valence-corrected chi connectivity index (χ0v) is 24.7. The molecule has 0 heterocycles. The van der Waals surface area contributed by atoms with E-state index < -0.39 is 17.7 Å². The zero-order chi connectivity index (χ0) is 25.1. The number of nitriles is 2. The molecule has 0 aliphatic carbocycles. The summed E-state index contributed by atoms with van der Waals surface area (Å²) >= 11 is 6.09. The molecule has 2 atom stereocenters. The number of hydrogen-bond donors (Lipinski definition) is 2. The Morgan fingerprint density at radius 3 is 1.55 bits per heavy atom. The normalized spacial score (nSPS) is 15.6. The molecule has 0 radical (unpaired) electrons. The Bertz CT molecular complexity index is 1160. The summed E-state index contributed by atoms with van der Waals surface area (Å²) in [5.41, 5.74) is 0.0642. The molecule has 176 valence electrons. The molecular formula is C22H28N4O3P2Se2. The van der Waals surface area contributed by atoms with E-state index in [1.807, 2.05) is 46.0 Å². The summed E-state index contributed by atoms with van der Waals surface area (Å²) in [4.78, 5) is 11.7. The maximum atomic E-state index is 11.7. The molecule has 0 bridgehead atoms. The van der Waals surface area contributed by atoms with Gasteiger partial charge in [-0.2, -0.15) is 0 Å². The summed E-state index contributed by atoms with van der Waals surface area (Å²) in [5.74, 6) is 0.976. The van der Waals surface area contributed by atoms with Crippen molar-refractivity contribution in [3.63, 3.8) is 0 Å². The van der Waals surface area contributed by atoms with E-state index in [0.717, 1.165) is 0 Å². The molecule has 0 aliphatic rings. The topological polar surface area (TPSA) is 102 Å². The van der Waals surface area contributed by atoms with E-state index in [9.17, 15) is 4.89 Å². The van der Waals surface area contributed by atoms with Gasteiger partial charge in [0.1, 0.15) is 0 Å². The Balaban J connectivity index is 2.56. The molecule has 2 aromatic rings. The van der Waals surface area contributed by atoms with Crippen LogP contribution in [0.1, 0.15) is 52.7 Å². The van der Waals surface area contributed by atoms with Crippen LogP contribution < -0.4 is 14.1 Å². The average molecular weight is 616 g/mol. The number of benzene rings is 2. The van der Waals surface area contributed by atoms with Crippen molar-refractivity contribution in [2.75, 3.05) is 0 Å². The van der Waals surface area contributed by atoms with Crippen molar-refractivity contribution in [2.24, 2.45) is 0 Å². The van der Waals surface area contributed by atoms with Gasteiger partial charge in [0, 0.05) is 0 Å². The third-order valence-corrected chi connectivity index (χ3v) is 14.7. The van der Waals surface area contributed by atoms with Crippen molar-refractivity contribution in [1.29, 1.82) is 10.5 Å². The molecule has 2 aromatic carbocycles. The van der Waals surface area contributed by atoms with Gasteiger partial charge < -0.3 is 0 Å².